The van der Waals surface area contributed by atoms with Crippen LogP contribution in [0.3, 0.4) is 0 Å². The minimum absolute atomic E-state index is 0.0369. The molecule has 162 valence electrons. The lowest BCUT2D eigenvalue weighted by molar-refractivity contribution is -0.119. The van der Waals surface area contributed by atoms with Gasteiger partial charge in [0.2, 0.25) is 5.91 Å². The smallest absolute Gasteiger partial charge is 0.217 e. The standard InChI is InChI=1S/C24H35N5O/c1-16(2)24-27-26-17(3)29(24)22-14-20-10-11-21(15-22)28(20)13-12-23(25-18(4)30)19-8-6-5-7-9-19/h5-9,16,20-23H,10-15H2,1-4H3,(H,25,30)/t20-,21+,22?,23-/m0/s1. The molecule has 2 fully saturated rings. The molecule has 1 aromatic heterocycles. The van der Waals surface area contributed by atoms with Gasteiger partial charge in [0.1, 0.15) is 11.6 Å². The maximum Gasteiger partial charge on any atom is 0.217 e. The van der Waals surface area contributed by atoms with Gasteiger partial charge in [-0.15, -0.1) is 10.2 Å². The predicted octanol–water partition coefficient (Wildman–Crippen LogP) is 4.15. The fraction of sp³-hybridized carbons (Fsp3) is 0.625. The first-order chi connectivity index (χ1) is 14.4. The van der Waals surface area contributed by atoms with Gasteiger partial charge < -0.3 is 9.88 Å². The lowest BCUT2D eigenvalue weighted by Gasteiger charge is -2.40. The number of carbonyl (C=O) groups excluding carboxylic acids is 1. The minimum atomic E-state index is 0.0369. The van der Waals surface area contributed by atoms with E-state index in [1.54, 1.807) is 6.92 Å². The van der Waals surface area contributed by atoms with E-state index < -0.39 is 0 Å². The van der Waals surface area contributed by atoms with Crippen molar-refractivity contribution in [3.8, 4) is 0 Å². The van der Waals surface area contributed by atoms with Crippen LogP contribution in [0.15, 0.2) is 30.3 Å². The van der Waals surface area contributed by atoms with Crippen LogP contribution in [-0.2, 0) is 4.79 Å². The summed E-state index contributed by atoms with van der Waals surface area (Å²) in [4.78, 5) is 14.5. The van der Waals surface area contributed by atoms with Gasteiger partial charge in [0.15, 0.2) is 0 Å². The van der Waals surface area contributed by atoms with Crippen LogP contribution in [-0.4, -0.2) is 44.2 Å². The molecule has 2 aliphatic rings. The maximum atomic E-state index is 11.8. The Morgan fingerprint density at radius 1 is 1.10 bits per heavy atom. The van der Waals surface area contributed by atoms with Gasteiger partial charge in [-0.05, 0) is 44.6 Å². The molecular weight excluding hydrogens is 374 g/mol. The van der Waals surface area contributed by atoms with Crippen LogP contribution in [0.2, 0.25) is 0 Å². The molecule has 2 bridgehead atoms. The highest BCUT2D eigenvalue weighted by Crippen LogP contribution is 2.42. The SMILES string of the molecule is CC(=O)N[C@@H](CCN1[C@@H]2CC[C@H]1CC(n1c(C)nnc1C(C)C)C2)c1ccccc1. The summed E-state index contributed by atoms with van der Waals surface area (Å²) in [5.41, 5.74) is 1.19. The van der Waals surface area contributed by atoms with Crippen LogP contribution in [0.1, 0.15) is 88.1 Å². The molecule has 0 radical (unpaired) electrons. The van der Waals surface area contributed by atoms with Crippen molar-refractivity contribution in [3.05, 3.63) is 47.5 Å². The number of aryl methyl sites for hydroxylation is 1. The number of benzene rings is 1. The average molecular weight is 410 g/mol. The Bertz CT molecular complexity index is 848. The molecule has 3 heterocycles. The van der Waals surface area contributed by atoms with Crippen LogP contribution in [0.5, 0.6) is 0 Å². The number of hydrogen-bond acceptors (Lipinski definition) is 4. The van der Waals surface area contributed by atoms with Crippen LogP contribution in [0, 0.1) is 6.92 Å². The van der Waals surface area contributed by atoms with Crippen molar-refractivity contribution in [2.75, 3.05) is 6.54 Å². The molecule has 1 N–H and O–H groups in total. The Kier molecular flexibility index (Phi) is 6.23. The van der Waals surface area contributed by atoms with E-state index in [0.29, 0.717) is 24.0 Å². The lowest BCUT2D eigenvalue weighted by Crippen LogP contribution is -2.45. The molecule has 0 saturated carbocycles. The first-order valence-electron chi connectivity index (χ1n) is 11.4. The van der Waals surface area contributed by atoms with Crippen molar-refractivity contribution >= 4 is 5.91 Å². The molecule has 0 aliphatic carbocycles. The molecule has 2 saturated heterocycles. The molecule has 2 aliphatic heterocycles. The summed E-state index contributed by atoms with van der Waals surface area (Å²) in [7, 11) is 0. The van der Waals surface area contributed by atoms with Crippen molar-refractivity contribution in [2.45, 2.75) is 89.9 Å². The van der Waals surface area contributed by atoms with E-state index in [-0.39, 0.29) is 11.9 Å². The Labute approximate surface area is 180 Å². The van der Waals surface area contributed by atoms with E-state index >= 15 is 0 Å². The molecule has 4 atom stereocenters. The van der Waals surface area contributed by atoms with Crippen LogP contribution in [0.4, 0.5) is 0 Å². The second kappa shape index (κ2) is 8.88. The van der Waals surface area contributed by atoms with E-state index in [9.17, 15) is 4.79 Å². The molecule has 6 nitrogen and oxygen atoms in total. The van der Waals surface area contributed by atoms with E-state index in [4.69, 9.17) is 0 Å². The van der Waals surface area contributed by atoms with E-state index in [2.05, 4.69) is 57.9 Å². The fourth-order valence-electron chi connectivity index (χ4n) is 5.58. The highest BCUT2D eigenvalue weighted by molar-refractivity contribution is 5.73. The van der Waals surface area contributed by atoms with E-state index in [0.717, 1.165) is 24.6 Å². The summed E-state index contributed by atoms with van der Waals surface area (Å²) in [6, 6.07) is 12.2. The molecular formula is C24H35N5O. The van der Waals surface area contributed by atoms with Gasteiger partial charge >= 0.3 is 0 Å². The number of nitrogens with zero attached hydrogens (tertiary/aromatic N) is 4. The third kappa shape index (κ3) is 4.29. The highest BCUT2D eigenvalue weighted by atomic mass is 16.1. The minimum Gasteiger partial charge on any atom is -0.349 e. The number of carbonyl (C=O) groups is 1. The third-order valence-electron chi connectivity index (χ3n) is 6.89. The van der Waals surface area contributed by atoms with E-state index in [1.807, 2.05) is 18.2 Å². The quantitative estimate of drug-likeness (QED) is 0.746. The molecule has 1 amide bonds. The number of nitrogens with one attached hydrogen (secondary N) is 1. The lowest BCUT2D eigenvalue weighted by atomic mass is 9.95. The monoisotopic (exact) mass is 409 g/mol. The first kappa shape index (κ1) is 21.0. The van der Waals surface area contributed by atoms with Crippen molar-refractivity contribution < 1.29 is 4.79 Å². The molecule has 1 aromatic carbocycles. The van der Waals surface area contributed by atoms with Gasteiger partial charge in [0, 0.05) is 37.5 Å². The number of hydrogen-bond donors (Lipinski definition) is 1. The maximum absolute atomic E-state index is 11.8. The van der Waals surface area contributed by atoms with Crippen molar-refractivity contribution in [1.82, 2.24) is 25.0 Å². The number of fused-ring (bicyclic) bond motifs is 2. The summed E-state index contributed by atoms with van der Waals surface area (Å²) < 4.78 is 2.41. The predicted molar refractivity (Wildman–Crippen MR) is 118 cm³/mol. The molecule has 6 heteroatoms. The Morgan fingerprint density at radius 2 is 1.77 bits per heavy atom. The van der Waals surface area contributed by atoms with Gasteiger partial charge in [0.05, 0.1) is 6.04 Å². The summed E-state index contributed by atoms with van der Waals surface area (Å²) in [6.07, 6.45) is 5.84. The van der Waals surface area contributed by atoms with Crippen molar-refractivity contribution in [3.63, 3.8) is 0 Å². The van der Waals surface area contributed by atoms with Crippen LogP contribution < -0.4 is 5.32 Å². The second-order valence-electron chi connectivity index (χ2n) is 9.33. The molecule has 1 unspecified atom stereocenters. The summed E-state index contributed by atoms with van der Waals surface area (Å²) in [6.45, 7) is 9.13. The fourth-order valence-corrected chi connectivity index (χ4v) is 5.58. The van der Waals surface area contributed by atoms with Crippen molar-refractivity contribution in [2.24, 2.45) is 0 Å². The summed E-state index contributed by atoms with van der Waals surface area (Å²) >= 11 is 0. The summed E-state index contributed by atoms with van der Waals surface area (Å²) in [5, 5.41) is 12.0. The number of amides is 1. The van der Waals surface area contributed by atoms with Gasteiger partial charge in [0.25, 0.3) is 0 Å². The topological polar surface area (TPSA) is 63.1 Å². The molecule has 4 rings (SSSR count). The van der Waals surface area contributed by atoms with Gasteiger partial charge in [-0.2, -0.15) is 0 Å². The normalized spacial score (nSPS) is 24.9. The number of rotatable bonds is 7. The Hall–Kier alpha value is -2.21. The molecule has 30 heavy (non-hydrogen) atoms. The Morgan fingerprint density at radius 3 is 2.37 bits per heavy atom. The second-order valence-corrected chi connectivity index (χ2v) is 9.33. The number of piperidine rings is 1. The largest absolute Gasteiger partial charge is 0.349 e. The van der Waals surface area contributed by atoms with Crippen LogP contribution in [0.25, 0.3) is 0 Å². The zero-order valence-corrected chi connectivity index (χ0v) is 18.7. The molecule has 0 spiro atoms. The molecule has 2 aromatic rings. The average Bonchev–Trinajstić information content (AvgIpc) is 3.21. The third-order valence-corrected chi connectivity index (χ3v) is 6.89. The zero-order valence-electron chi connectivity index (χ0n) is 18.7. The van der Waals surface area contributed by atoms with Crippen molar-refractivity contribution in [1.29, 1.82) is 0 Å². The van der Waals surface area contributed by atoms with Gasteiger partial charge in [-0.1, -0.05) is 44.2 Å². The highest BCUT2D eigenvalue weighted by Gasteiger charge is 2.42. The van der Waals surface area contributed by atoms with Crippen LogP contribution >= 0.6 is 0 Å². The van der Waals surface area contributed by atoms with Gasteiger partial charge in [-0.25, -0.2) is 0 Å². The first-order valence-corrected chi connectivity index (χ1v) is 11.4. The van der Waals surface area contributed by atoms with E-state index in [1.165, 1.54) is 31.2 Å². The number of aromatic nitrogens is 3. The Balaban J connectivity index is 1.44. The van der Waals surface area contributed by atoms with Gasteiger partial charge in [-0.3, -0.25) is 9.69 Å². The summed E-state index contributed by atoms with van der Waals surface area (Å²) in [5.74, 6) is 2.60. The zero-order chi connectivity index (χ0) is 21.3.